The van der Waals surface area contributed by atoms with Crippen LogP contribution in [0.4, 0.5) is 0 Å². The molecule has 124 valence electrons. The van der Waals surface area contributed by atoms with Crippen LogP contribution in [0.25, 0.3) is 0 Å². The maximum Gasteiger partial charge on any atom is 0.101 e. The first-order valence-electron chi connectivity index (χ1n) is 8.75. The Kier molecular flexibility index (Phi) is 4.43. The molecule has 0 amide bonds. The Balaban J connectivity index is 1.47. The lowest BCUT2D eigenvalue weighted by Crippen LogP contribution is -2.30. The highest BCUT2D eigenvalue weighted by Gasteiger charge is 2.22. The Morgan fingerprint density at radius 3 is 2.65 bits per heavy atom. The first-order valence-corrected chi connectivity index (χ1v) is 8.75. The molecule has 0 radical (unpaired) electrons. The zero-order valence-corrected chi connectivity index (χ0v) is 13.7. The molecule has 1 saturated heterocycles. The Bertz CT molecular complexity index is 615. The molecule has 23 heavy (non-hydrogen) atoms. The summed E-state index contributed by atoms with van der Waals surface area (Å²) in [7, 11) is 0. The third-order valence-electron chi connectivity index (χ3n) is 4.94. The van der Waals surface area contributed by atoms with E-state index in [2.05, 4.69) is 30.9 Å². The Labute approximate surface area is 137 Å². The van der Waals surface area contributed by atoms with Gasteiger partial charge in [0.05, 0.1) is 18.2 Å². The van der Waals surface area contributed by atoms with Crippen molar-refractivity contribution in [1.29, 1.82) is 0 Å². The van der Waals surface area contributed by atoms with Crippen molar-refractivity contribution in [3.8, 4) is 0 Å². The van der Waals surface area contributed by atoms with Gasteiger partial charge in [0.15, 0.2) is 0 Å². The molecule has 0 bridgehead atoms. The van der Waals surface area contributed by atoms with E-state index < -0.39 is 0 Å². The van der Waals surface area contributed by atoms with E-state index in [0.29, 0.717) is 0 Å². The zero-order valence-electron chi connectivity index (χ0n) is 13.7. The van der Waals surface area contributed by atoms with Gasteiger partial charge in [0, 0.05) is 38.3 Å². The average molecular weight is 315 g/mol. The van der Waals surface area contributed by atoms with E-state index in [0.717, 1.165) is 39.1 Å². The minimum atomic E-state index is 0.932. The van der Waals surface area contributed by atoms with Gasteiger partial charge < -0.3 is 4.42 Å². The number of aromatic nitrogens is 3. The lowest BCUT2D eigenvalue weighted by molar-refractivity contribution is 0.215. The van der Waals surface area contributed by atoms with Crippen molar-refractivity contribution < 1.29 is 4.42 Å². The van der Waals surface area contributed by atoms with Gasteiger partial charge in [-0.3, -0.25) is 9.80 Å². The maximum atomic E-state index is 5.20. The van der Waals surface area contributed by atoms with E-state index in [1.54, 1.807) is 6.26 Å². The van der Waals surface area contributed by atoms with Crippen LogP contribution in [0, 0.1) is 0 Å². The number of furan rings is 1. The Hall–Kier alpha value is -1.66. The van der Waals surface area contributed by atoms with Crippen LogP contribution in [0.2, 0.25) is 0 Å². The molecule has 0 aromatic carbocycles. The number of nitrogens with zero attached hydrogens (tertiary/aromatic N) is 5. The van der Waals surface area contributed by atoms with Gasteiger partial charge in [-0.05, 0) is 38.4 Å². The van der Waals surface area contributed by atoms with Crippen LogP contribution < -0.4 is 0 Å². The van der Waals surface area contributed by atoms with Crippen LogP contribution in [-0.4, -0.2) is 44.4 Å². The summed E-state index contributed by atoms with van der Waals surface area (Å²) in [6, 6.07) is 2.05. The van der Waals surface area contributed by atoms with Crippen LogP contribution in [-0.2, 0) is 26.2 Å². The lowest BCUT2D eigenvalue weighted by Gasteiger charge is -2.26. The van der Waals surface area contributed by atoms with Crippen molar-refractivity contribution in [1.82, 2.24) is 24.8 Å². The summed E-state index contributed by atoms with van der Waals surface area (Å²) in [5.41, 5.74) is 3.71. The largest absolute Gasteiger partial charge is 0.472 e. The highest BCUT2D eigenvalue weighted by molar-refractivity contribution is 5.12. The molecule has 0 atom stereocenters. The summed E-state index contributed by atoms with van der Waals surface area (Å²) >= 11 is 0. The molecule has 0 spiro atoms. The van der Waals surface area contributed by atoms with Crippen LogP contribution >= 0.6 is 0 Å². The molecule has 0 unspecified atom stereocenters. The number of hydrogen-bond acceptors (Lipinski definition) is 5. The number of aryl methyl sites for hydroxylation is 1. The topological polar surface area (TPSA) is 50.3 Å². The van der Waals surface area contributed by atoms with Crippen molar-refractivity contribution in [2.75, 3.05) is 19.6 Å². The van der Waals surface area contributed by atoms with Crippen LogP contribution in [0.5, 0.6) is 0 Å². The highest BCUT2D eigenvalue weighted by Crippen LogP contribution is 2.19. The highest BCUT2D eigenvalue weighted by atomic mass is 16.3. The molecule has 0 saturated carbocycles. The molecular weight excluding hydrogens is 290 g/mol. The molecule has 6 nitrogen and oxygen atoms in total. The fourth-order valence-corrected chi connectivity index (χ4v) is 3.68. The Morgan fingerprint density at radius 1 is 0.957 bits per heavy atom. The van der Waals surface area contributed by atoms with E-state index in [1.807, 2.05) is 6.26 Å². The number of hydrogen-bond donors (Lipinski definition) is 0. The fraction of sp³-hybridized carbons (Fsp3) is 0.647. The van der Waals surface area contributed by atoms with Gasteiger partial charge in [-0.2, -0.15) is 0 Å². The third-order valence-corrected chi connectivity index (χ3v) is 4.94. The predicted molar refractivity (Wildman–Crippen MR) is 86.6 cm³/mol. The van der Waals surface area contributed by atoms with E-state index in [4.69, 9.17) is 4.42 Å². The normalized spacial score (nSPS) is 20.3. The Morgan fingerprint density at radius 2 is 1.83 bits per heavy atom. The lowest BCUT2D eigenvalue weighted by atomic mass is 10.1. The van der Waals surface area contributed by atoms with Crippen molar-refractivity contribution in [3.63, 3.8) is 0 Å². The summed E-state index contributed by atoms with van der Waals surface area (Å²) in [5, 5.41) is 8.90. The molecule has 0 N–H and O–H groups in total. The second kappa shape index (κ2) is 6.84. The van der Waals surface area contributed by atoms with Gasteiger partial charge in [-0.15, -0.1) is 5.10 Å². The number of piperidine rings is 1. The van der Waals surface area contributed by atoms with Gasteiger partial charge in [0.25, 0.3) is 0 Å². The van der Waals surface area contributed by atoms with Gasteiger partial charge in [-0.25, -0.2) is 4.68 Å². The molecule has 0 aliphatic carbocycles. The SMILES string of the molecule is c1cc(CN2CCCn3nnc(CN4CCCCC4)c3C2)co1. The summed E-state index contributed by atoms with van der Waals surface area (Å²) in [5.74, 6) is 0. The number of rotatable bonds is 4. The van der Waals surface area contributed by atoms with E-state index >= 15 is 0 Å². The van der Waals surface area contributed by atoms with Gasteiger partial charge >= 0.3 is 0 Å². The maximum absolute atomic E-state index is 5.20. The molecule has 4 rings (SSSR count). The van der Waals surface area contributed by atoms with Gasteiger partial charge in [0.1, 0.15) is 5.69 Å². The average Bonchev–Trinajstić information content (AvgIpc) is 3.15. The fourth-order valence-electron chi connectivity index (χ4n) is 3.68. The predicted octanol–water partition coefficient (Wildman–Crippen LogP) is 2.26. The first-order chi connectivity index (χ1) is 11.4. The molecule has 2 aromatic heterocycles. The van der Waals surface area contributed by atoms with Crippen LogP contribution in [0.15, 0.2) is 23.0 Å². The molecule has 2 aromatic rings. The van der Waals surface area contributed by atoms with Crippen molar-refractivity contribution >= 4 is 0 Å². The van der Waals surface area contributed by atoms with Gasteiger partial charge in [-0.1, -0.05) is 11.6 Å². The van der Waals surface area contributed by atoms with E-state index in [1.165, 1.54) is 49.3 Å². The molecule has 2 aliphatic heterocycles. The van der Waals surface area contributed by atoms with E-state index in [9.17, 15) is 0 Å². The minimum absolute atomic E-state index is 0.932. The second-order valence-electron chi connectivity index (χ2n) is 6.74. The van der Waals surface area contributed by atoms with Crippen molar-refractivity contribution in [2.45, 2.75) is 51.9 Å². The molecular formula is C17H25N5O. The summed E-state index contributed by atoms with van der Waals surface area (Å²) in [6.07, 6.45) is 8.72. The zero-order chi connectivity index (χ0) is 15.5. The molecule has 2 aliphatic rings. The molecule has 1 fully saturated rings. The minimum Gasteiger partial charge on any atom is -0.472 e. The van der Waals surface area contributed by atoms with Gasteiger partial charge in [0.2, 0.25) is 0 Å². The summed E-state index contributed by atoms with van der Waals surface area (Å²) in [4.78, 5) is 5.01. The van der Waals surface area contributed by atoms with Crippen LogP contribution in [0.1, 0.15) is 42.6 Å². The number of fused-ring (bicyclic) bond motifs is 1. The van der Waals surface area contributed by atoms with Crippen molar-refractivity contribution in [2.24, 2.45) is 0 Å². The van der Waals surface area contributed by atoms with E-state index in [-0.39, 0.29) is 0 Å². The van der Waals surface area contributed by atoms with Crippen molar-refractivity contribution in [3.05, 3.63) is 35.5 Å². The monoisotopic (exact) mass is 315 g/mol. The summed E-state index contributed by atoms with van der Waals surface area (Å²) in [6.45, 7) is 7.29. The number of likely N-dealkylation sites (tertiary alicyclic amines) is 1. The standard InChI is InChI=1S/C17H25N5O/c1-2-6-20(7-3-1)12-16-17-13-21(11-15-5-10-23-14-15)8-4-9-22(17)19-18-16/h5,10,14H,1-4,6-9,11-13H2. The van der Waals surface area contributed by atoms with Crippen LogP contribution in [0.3, 0.4) is 0 Å². The summed E-state index contributed by atoms with van der Waals surface area (Å²) < 4.78 is 7.32. The quantitative estimate of drug-likeness (QED) is 0.866. The molecule has 6 heteroatoms. The first kappa shape index (κ1) is 14.9. The second-order valence-corrected chi connectivity index (χ2v) is 6.74. The smallest absolute Gasteiger partial charge is 0.101 e. The molecule has 4 heterocycles. The third kappa shape index (κ3) is 3.48.